The molecule has 0 aliphatic carbocycles. The van der Waals surface area contributed by atoms with Crippen LogP contribution in [0.2, 0.25) is 0 Å². The van der Waals surface area contributed by atoms with Crippen molar-refractivity contribution in [1.82, 2.24) is 15.1 Å². The van der Waals surface area contributed by atoms with E-state index in [4.69, 9.17) is 9.47 Å². The van der Waals surface area contributed by atoms with Crippen LogP contribution in [0, 0.1) is 0 Å². The van der Waals surface area contributed by atoms with Gasteiger partial charge in [0.15, 0.2) is 11.5 Å². The second-order valence-corrected chi connectivity index (χ2v) is 7.57. The van der Waals surface area contributed by atoms with Crippen LogP contribution in [0.3, 0.4) is 0 Å². The van der Waals surface area contributed by atoms with Crippen molar-refractivity contribution in [2.75, 3.05) is 59.3 Å². The minimum Gasteiger partial charge on any atom is -0.493 e. The predicted octanol–water partition coefficient (Wildman–Crippen LogP) is 2.88. The lowest BCUT2D eigenvalue weighted by molar-refractivity contribution is 0.111. The number of anilines is 1. The standard InChI is InChI=1S/C20H28N4O3S/c1-23-8-10-24(11-9-23)17(15-7-12-28-14-15)13-21-20(25)22-16-5-4-6-18(26-2)19(16)27-3/h4-7,12,14,17H,8-11,13H2,1-3H3,(H2,21,22,25). The Bertz CT molecular complexity index is 761. The first kappa shape index (κ1) is 20.4. The van der Waals surface area contributed by atoms with Crippen LogP contribution in [0.25, 0.3) is 0 Å². The van der Waals surface area contributed by atoms with Crippen LogP contribution in [-0.4, -0.2) is 69.8 Å². The number of likely N-dealkylation sites (N-methyl/N-ethyl adjacent to an activating group) is 1. The fourth-order valence-corrected chi connectivity index (χ4v) is 4.10. The van der Waals surface area contributed by atoms with Crippen molar-refractivity contribution in [2.24, 2.45) is 0 Å². The molecule has 1 aliphatic rings. The van der Waals surface area contributed by atoms with E-state index in [2.05, 4.69) is 44.3 Å². The van der Waals surface area contributed by atoms with Gasteiger partial charge in [0.05, 0.1) is 25.9 Å². The van der Waals surface area contributed by atoms with E-state index in [1.165, 1.54) is 5.56 Å². The molecule has 1 atom stereocenters. The number of hydrogen-bond acceptors (Lipinski definition) is 6. The molecule has 0 bridgehead atoms. The second kappa shape index (κ2) is 9.77. The molecule has 152 valence electrons. The van der Waals surface area contributed by atoms with Gasteiger partial charge in [0, 0.05) is 32.7 Å². The summed E-state index contributed by atoms with van der Waals surface area (Å²) in [7, 11) is 5.27. The minimum atomic E-state index is -0.263. The number of methoxy groups -OCH3 is 2. The van der Waals surface area contributed by atoms with E-state index in [-0.39, 0.29) is 12.1 Å². The van der Waals surface area contributed by atoms with Crippen molar-refractivity contribution in [3.63, 3.8) is 0 Å². The third-order valence-corrected chi connectivity index (χ3v) is 5.72. The summed E-state index contributed by atoms with van der Waals surface area (Å²) in [6.07, 6.45) is 0. The van der Waals surface area contributed by atoms with Crippen molar-refractivity contribution in [1.29, 1.82) is 0 Å². The molecule has 28 heavy (non-hydrogen) atoms. The lowest BCUT2D eigenvalue weighted by Crippen LogP contribution is -2.48. The van der Waals surface area contributed by atoms with Crippen LogP contribution in [0.5, 0.6) is 11.5 Å². The summed E-state index contributed by atoms with van der Waals surface area (Å²) in [6.45, 7) is 4.59. The van der Waals surface area contributed by atoms with Crippen molar-refractivity contribution in [3.05, 3.63) is 40.6 Å². The van der Waals surface area contributed by atoms with Gasteiger partial charge >= 0.3 is 6.03 Å². The number of ether oxygens (including phenoxy) is 2. The number of urea groups is 1. The maximum Gasteiger partial charge on any atom is 0.319 e. The average Bonchev–Trinajstić information content (AvgIpc) is 3.23. The maximum absolute atomic E-state index is 12.5. The van der Waals surface area contributed by atoms with Crippen LogP contribution in [0.1, 0.15) is 11.6 Å². The fraction of sp³-hybridized carbons (Fsp3) is 0.450. The number of para-hydroxylation sites is 1. The van der Waals surface area contributed by atoms with Crippen molar-refractivity contribution >= 4 is 23.1 Å². The van der Waals surface area contributed by atoms with Gasteiger partial charge in [0.2, 0.25) is 0 Å². The highest BCUT2D eigenvalue weighted by Gasteiger charge is 2.25. The molecule has 7 nitrogen and oxygen atoms in total. The van der Waals surface area contributed by atoms with E-state index in [9.17, 15) is 4.79 Å². The first-order valence-electron chi connectivity index (χ1n) is 9.33. The quantitative estimate of drug-likeness (QED) is 0.743. The lowest BCUT2D eigenvalue weighted by atomic mass is 10.1. The molecule has 1 fully saturated rings. The van der Waals surface area contributed by atoms with Crippen LogP contribution in [-0.2, 0) is 0 Å². The summed E-state index contributed by atoms with van der Waals surface area (Å²) >= 11 is 1.68. The molecule has 0 spiro atoms. The number of thiophene rings is 1. The van der Waals surface area contributed by atoms with Gasteiger partial charge in [-0.1, -0.05) is 6.07 Å². The fourth-order valence-electron chi connectivity index (χ4n) is 3.40. The molecular weight excluding hydrogens is 376 g/mol. The zero-order chi connectivity index (χ0) is 19.9. The Morgan fingerprint density at radius 1 is 1.18 bits per heavy atom. The van der Waals surface area contributed by atoms with E-state index < -0.39 is 0 Å². The number of benzene rings is 1. The zero-order valence-corrected chi connectivity index (χ0v) is 17.4. The number of hydrogen-bond donors (Lipinski definition) is 2. The summed E-state index contributed by atoms with van der Waals surface area (Å²) in [5.41, 5.74) is 1.82. The molecule has 2 aromatic rings. The first-order chi connectivity index (χ1) is 13.6. The SMILES string of the molecule is COc1cccc(NC(=O)NCC(c2ccsc2)N2CCN(C)CC2)c1OC. The summed E-state index contributed by atoms with van der Waals surface area (Å²) in [6, 6.07) is 7.44. The lowest BCUT2D eigenvalue weighted by Gasteiger charge is -2.38. The number of carbonyl (C=O) groups excluding carboxylic acids is 1. The van der Waals surface area contributed by atoms with Crippen LogP contribution < -0.4 is 20.1 Å². The van der Waals surface area contributed by atoms with E-state index in [1.807, 2.05) is 6.07 Å². The summed E-state index contributed by atoms with van der Waals surface area (Å²) in [5.74, 6) is 1.09. The van der Waals surface area contributed by atoms with E-state index in [0.717, 1.165) is 26.2 Å². The third kappa shape index (κ3) is 4.95. The molecule has 1 aliphatic heterocycles. The Balaban J connectivity index is 1.64. The van der Waals surface area contributed by atoms with Gasteiger partial charge < -0.3 is 25.0 Å². The van der Waals surface area contributed by atoms with Gasteiger partial charge in [-0.25, -0.2) is 4.79 Å². The van der Waals surface area contributed by atoms with Crippen LogP contribution in [0.4, 0.5) is 10.5 Å². The minimum absolute atomic E-state index is 0.165. The summed E-state index contributed by atoms with van der Waals surface area (Å²) < 4.78 is 10.7. The first-order valence-corrected chi connectivity index (χ1v) is 10.3. The van der Waals surface area contributed by atoms with Crippen molar-refractivity contribution in [2.45, 2.75) is 6.04 Å². The van der Waals surface area contributed by atoms with E-state index >= 15 is 0 Å². The van der Waals surface area contributed by atoms with Crippen molar-refractivity contribution in [3.8, 4) is 11.5 Å². The summed E-state index contributed by atoms with van der Waals surface area (Å²) in [4.78, 5) is 17.3. The molecule has 0 radical (unpaired) electrons. The van der Waals surface area contributed by atoms with Gasteiger partial charge in [-0.15, -0.1) is 0 Å². The highest BCUT2D eigenvalue weighted by atomic mass is 32.1. The van der Waals surface area contributed by atoms with Gasteiger partial charge in [-0.05, 0) is 41.6 Å². The maximum atomic E-state index is 12.5. The van der Waals surface area contributed by atoms with Crippen molar-refractivity contribution < 1.29 is 14.3 Å². The predicted molar refractivity (Wildman–Crippen MR) is 113 cm³/mol. The highest BCUT2D eigenvalue weighted by molar-refractivity contribution is 7.07. The number of rotatable bonds is 7. The van der Waals surface area contributed by atoms with Crippen LogP contribution in [0.15, 0.2) is 35.0 Å². The van der Waals surface area contributed by atoms with Gasteiger partial charge in [-0.2, -0.15) is 11.3 Å². The Labute approximate surface area is 170 Å². The molecule has 2 amide bonds. The Morgan fingerprint density at radius 3 is 2.61 bits per heavy atom. The van der Waals surface area contributed by atoms with Gasteiger partial charge in [-0.3, -0.25) is 4.90 Å². The molecule has 3 rings (SSSR count). The molecule has 1 aromatic carbocycles. The average molecular weight is 405 g/mol. The Morgan fingerprint density at radius 2 is 1.96 bits per heavy atom. The highest BCUT2D eigenvalue weighted by Crippen LogP contribution is 2.34. The Kier molecular flexibility index (Phi) is 7.13. The van der Waals surface area contributed by atoms with E-state index in [0.29, 0.717) is 23.7 Å². The third-order valence-electron chi connectivity index (χ3n) is 5.01. The van der Waals surface area contributed by atoms with Crippen LogP contribution >= 0.6 is 11.3 Å². The molecule has 2 N–H and O–H groups in total. The topological polar surface area (TPSA) is 66.1 Å². The molecule has 8 heteroatoms. The van der Waals surface area contributed by atoms with Gasteiger partial charge in [0.1, 0.15) is 0 Å². The molecule has 2 heterocycles. The molecule has 1 aromatic heterocycles. The molecule has 1 saturated heterocycles. The van der Waals surface area contributed by atoms with E-state index in [1.54, 1.807) is 37.7 Å². The van der Waals surface area contributed by atoms with Gasteiger partial charge in [0.25, 0.3) is 0 Å². The number of amides is 2. The zero-order valence-electron chi connectivity index (χ0n) is 16.6. The Hall–Kier alpha value is -2.29. The molecule has 0 saturated carbocycles. The monoisotopic (exact) mass is 404 g/mol. The normalized spacial score (nSPS) is 16.4. The number of nitrogens with zero attached hydrogens (tertiary/aromatic N) is 2. The second-order valence-electron chi connectivity index (χ2n) is 6.79. The molecular formula is C20H28N4O3S. The largest absolute Gasteiger partial charge is 0.493 e. The smallest absolute Gasteiger partial charge is 0.319 e. The number of piperazine rings is 1. The summed E-state index contributed by atoms with van der Waals surface area (Å²) in [5, 5.41) is 10.1. The number of carbonyl (C=O) groups is 1. The molecule has 1 unspecified atom stereocenters. The number of nitrogens with one attached hydrogen (secondary N) is 2.